The highest BCUT2D eigenvalue weighted by molar-refractivity contribution is 9.10. The maximum atomic E-state index is 5.65. The van der Waals surface area contributed by atoms with E-state index in [9.17, 15) is 0 Å². The lowest BCUT2D eigenvalue weighted by molar-refractivity contribution is 0.0404. The van der Waals surface area contributed by atoms with Crippen LogP contribution in [0, 0.1) is 5.92 Å². The Morgan fingerprint density at radius 1 is 1.47 bits per heavy atom. The fourth-order valence-corrected chi connectivity index (χ4v) is 4.61. The van der Waals surface area contributed by atoms with Gasteiger partial charge in [-0.05, 0) is 58.2 Å². The topological polar surface area (TPSA) is 21.3 Å². The van der Waals surface area contributed by atoms with E-state index >= 15 is 0 Å². The summed E-state index contributed by atoms with van der Waals surface area (Å²) in [6.07, 6.45) is 2.42. The molecule has 2 heterocycles. The molecule has 0 bridgehead atoms. The molecule has 1 aliphatic heterocycles. The molecular formula is C15H18BrNOS. The number of fused-ring (bicyclic) bond motifs is 1. The van der Waals surface area contributed by atoms with Crippen molar-refractivity contribution in [3.8, 4) is 0 Å². The molecule has 1 aliphatic rings. The van der Waals surface area contributed by atoms with E-state index in [2.05, 4.69) is 51.9 Å². The van der Waals surface area contributed by atoms with Crippen molar-refractivity contribution in [3.63, 3.8) is 0 Å². The van der Waals surface area contributed by atoms with E-state index in [0.717, 1.165) is 13.2 Å². The Morgan fingerprint density at radius 3 is 3.11 bits per heavy atom. The minimum absolute atomic E-state index is 0.392. The smallest absolute Gasteiger partial charge is 0.0512 e. The molecule has 0 radical (unpaired) electrons. The third kappa shape index (κ3) is 2.59. The molecule has 0 aliphatic carbocycles. The van der Waals surface area contributed by atoms with Crippen LogP contribution in [-0.2, 0) is 4.74 Å². The average Bonchev–Trinajstić information content (AvgIpc) is 2.87. The van der Waals surface area contributed by atoms with Crippen molar-refractivity contribution >= 4 is 37.4 Å². The zero-order chi connectivity index (χ0) is 13.2. The molecule has 2 unspecified atom stereocenters. The summed E-state index contributed by atoms with van der Waals surface area (Å²) < 4.78 is 8.19. The summed E-state index contributed by atoms with van der Waals surface area (Å²) in [6.45, 7) is 1.79. The molecule has 0 amide bonds. The molecular weight excluding hydrogens is 322 g/mol. The lowest BCUT2D eigenvalue weighted by Crippen LogP contribution is -2.31. The molecule has 3 rings (SSSR count). The molecule has 0 spiro atoms. The Hall–Kier alpha value is -0.420. The van der Waals surface area contributed by atoms with Crippen molar-refractivity contribution in [3.05, 3.63) is 33.6 Å². The van der Waals surface area contributed by atoms with Crippen LogP contribution in [0.1, 0.15) is 24.4 Å². The van der Waals surface area contributed by atoms with Gasteiger partial charge in [-0.3, -0.25) is 0 Å². The molecule has 1 aromatic heterocycles. The molecule has 2 aromatic rings. The largest absolute Gasteiger partial charge is 0.381 e. The number of benzene rings is 1. The summed E-state index contributed by atoms with van der Waals surface area (Å²) in [5.74, 6) is 0.579. The first kappa shape index (κ1) is 13.6. The summed E-state index contributed by atoms with van der Waals surface area (Å²) in [7, 11) is 2.06. The maximum absolute atomic E-state index is 5.65. The van der Waals surface area contributed by atoms with Crippen LogP contribution in [0.2, 0.25) is 0 Å². The van der Waals surface area contributed by atoms with Gasteiger partial charge in [0.05, 0.1) is 6.61 Å². The number of hydrogen-bond acceptors (Lipinski definition) is 3. The van der Waals surface area contributed by atoms with E-state index < -0.39 is 0 Å². The number of hydrogen-bond donors (Lipinski definition) is 1. The molecule has 19 heavy (non-hydrogen) atoms. The first-order valence-corrected chi connectivity index (χ1v) is 8.39. The molecule has 1 N–H and O–H groups in total. The Labute approximate surface area is 126 Å². The third-order valence-electron chi connectivity index (χ3n) is 3.89. The zero-order valence-electron chi connectivity index (χ0n) is 11.0. The fourth-order valence-electron chi connectivity index (χ4n) is 2.96. The number of thiophene rings is 1. The van der Waals surface area contributed by atoms with Gasteiger partial charge in [0.2, 0.25) is 0 Å². The summed E-state index contributed by atoms with van der Waals surface area (Å²) in [6, 6.07) is 6.84. The van der Waals surface area contributed by atoms with Gasteiger partial charge >= 0.3 is 0 Å². The third-order valence-corrected chi connectivity index (χ3v) is 5.87. The van der Waals surface area contributed by atoms with Crippen molar-refractivity contribution in [2.24, 2.45) is 5.92 Å². The van der Waals surface area contributed by atoms with Crippen molar-refractivity contribution in [2.45, 2.75) is 18.9 Å². The molecule has 4 heteroatoms. The van der Waals surface area contributed by atoms with Crippen LogP contribution < -0.4 is 5.32 Å². The van der Waals surface area contributed by atoms with Crippen LogP contribution in [0.3, 0.4) is 0 Å². The van der Waals surface area contributed by atoms with E-state index in [4.69, 9.17) is 4.74 Å². The predicted molar refractivity (Wildman–Crippen MR) is 84.9 cm³/mol. The van der Waals surface area contributed by atoms with Gasteiger partial charge in [-0.15, -0.1) is 11.3 Å². The van der Waals surface area contributed by atoms with E-state index in [1.165, 1.54) is 33.0 Å². The average molecular weight is 340 g/mol. The summed E-state index contributed by atoms with van der Waals surface area (Å²) in [4.78, 5) is 0. The molecule has 1 fully saturated rings. The Morgan fingerprint density at radius 2 is 2.37 bits per heavy atom. The van der Waals surface area contributed by atoms with Crippen molar-refractivity contribution in [1.29, 1.82) is 0 Å². The molecule has 0 saturated carbocycles. The highest BCUT2D eigenvalue weighted by Crippen LogP contribution is 2.38. The van der Waals surface area contributed by atoms with Gasteiger partial charge in [0, 0.05) is 27.7 Å². The van der Waals surface area contributed by atoms with Gasteiger partial charge in [0.15, 0.2) is 0 Å². The van der Waals surface area contributed by atoms with Gasteiger partial charge in [0.25, 0.3) is 0 Å². The van der Waals surface area contributed by atoms with Crippen molar-refractivity contribution < 1.29 is 4.74 Å². The van der Waals surface area contributed by atoms with Gasteiger partial charge < -0.3 is 10.1 Å². The van der Waals surface area contributed by atoms with Gasteiger partial charge in [-0.25, -0.2) is 0 Å². The van der Waals surface area contributed by atoms with Crippen LogP contribution in [0.15, 0.2) is 28.1 Å². The monoisotopic (exact) mass is 339 g/mol. The van der Waals surface area contributed by atoms with Crippen LogP contribution in [0.25, 0.3) is 10.1 Å². The van der Waals surface area contributed by atoms with Crippen LogP contribution >= 0.6 is 27.3 Å². The van der Waals surface area contributed by atoms with Crippen LogP contribution in [0.5, 0.6) is 0 Å². The Kier molecular flexibility index (Phi) is 4.22. The van der Waals surface area contributed by atoms with E-state index in [0.29, 0.717) is 12.0 Å². The number of rotatable bonds is 3. The summed E-state index contributed by atoms with van der Waals surface area (Å²) in [5, 5.41) is 7.16. The van der Waals surface area contributed by atoms with E-state index in [-0.39, 0.29) is 0 Å². The first-order valence-electron chi connectivity index (χ1n) is 6.72. The fraction of sp³-hybridized carbons (Fsp3) is 0.467. The predicted octanol–water partition coefficient (Wildman–Crippen LogP) is 4.35. The van der Waals surface area contributed by atoms with Gasteiger partial charge in [-0.1, -0.05) is 12.1 Å². The molecule has 1 aromatic carbocycles. The molecule has 2 nitrogen and oxygen atoms in total. The van der Waals surface area contributed by atoms with Crippen molar-refractivity contribution in [1.82, 2.24) is 5.32 Å². The first-order chi connectivity index (χ1) is 9.31. The lowest BCUT2D eigenvalue weighted by Gasteiger charge is -2.30. The summed E-state index contributed by atoms with van der Waals surface area (Å²) >= 11 is 5.46. The number of ether oxygens (including phenoxy) is 1. The second-order valence-corrected chi connectivity index (χ2v) is 6.79. The SMILES string of the molecule is CNC(c1csc2c(Br)cccc12)C1CCCOC1. The normalized spacial score (nSPS) is 21.7. The van der Waals surface area contributed by atoms with Crippen LogP contribution in [-0.4, -0.2) is 20.3 Å². The Balaban J connectivity index is 1.99. The van der Waals surface area contributed by atoms with Gasteiger partial charge in [0.1, 0.15) is 0 Å². The highest BCUT2D eigenvalue weighted by Gasteiger charge is 2.26. The zero-order valence-corrected chi connectivity index (χ0v) is 13.4. The highest BCUT2D eigenvalue weighted by atomic mass is 79.9. The van der Waals surface area contributed by atoms with Gasteiger partial charge in [-0.2, -0.15) is 0 Å². The number of nitrogens with one attached hydrogen (secondary N) is 1. The molecule has 1 saturated heterocycles. The quantitative estimate of drug-likeness (QED) is 0.897. The minimum Gasteiger partial charge on any atom is -0.381 e. The van der Waals surface area contributed by atoms with Crippen molar-refractivity contribution in [2.75, 3.05) is 20.3 Å². The lowest BCUT2D eigenvalue weighted by atomic mass is 9.88. The van der Waals surface area contributed by atoms with E-state index in [1.807, 2.05) is 11.3 Å². The second-order valence-electron chi connectivity index (χ2n) is 5.05. The van der Waals surface area contributed by atoms with Crippen LogP contribution in [0.4, 0.5) is 0 Å². The standard InChI is InChI=1S/C15H18BrNOS/c1-17-14(10-4-3-7-18-8-10)12-9-19-15-11(12)5-2-6-13(15)16/h2,5-6,9-10,14,17H,3-4,7-8H2,1H3. The maximum Gasteiger partial charge on any atom is 0.0512 e. The minimum atomic E-state index is 0.392. The van der Waals surface area contributed by atoms with E-state index in [1.54, 1.807) is 0 Å². The summed E-state index contributed by atoms with van der Waals surface area (Å²) in [5.41, 5.74) is 1.42. The number of halogens is 1. The second kappa shape index (κ2) is 5.92. The molecule has 2 atom stereocenters. The Bertz CT molecular complexity index is 562. The molecule has 102 valence electrons.